The van der Waals surface area contributed by atoms with Gasteiger partial charge < -0.3 is 10.6 Å². The molecule has 0 saturated heterocycles. The Labute approximate surface area is 111 Å². The third-order valence-electron chi connectivity index (χ3n) is 2.10. The SMILES string of the molecule is CCNC(=O)CNc1ccc(Br)c(C(F)(F)F)c1. The third-order valence-corrected chi connectivity index (χ3v) is 2.79. The van der Waals surface area contributed by atoms with Crippen molar-refractivity contribution in [3.05, 3.63) is 28.2 Å². The number of carbonyl (C=O) groups is 1. The Morgan fingerprint density at radius 2 is 2.06 bits per heavy atom. The number of alkyl halides is 3. The van der Waals surface area contributed by atoms with Crippen molar-refractivity contribution in [3.63, 3.8) is 0 Å². The Hall–Kier alpha value is -1.24. The van der Waals surface area contributed by atoms with Gasteiger partial charge in [-0.2, -0.15) is 13.2 Å². The van der Waals surface area contributed by atoms with Gasteiger partial charge in [-0.25, -0.2) is 0 Å². The molecule has 1 aromatic carbocycles. The lowest BCUT2D eigenvalue weighted by Gasteiger charge is -2.12. The quantitative estimate of drug-likeness (QED) is 0.893. The van der Waals surface area contributed by atoms with Crippen molar-refractivity contribution in [2.24, 2.45) is 0 Å². The van der Waals surface area contributed by atoms with Crippen molar-refractivity contribution in [1.29, 1.82) is 0 Å². The molecular weight excluding hydrogens is 313 g/mol. The molecule has 0 radical (unpaired) electrons. The predicted molar refractivity (Wildman–Crippen MR) is 66.3 cm³/mol. The molecule has 0 aromatic heterocycles. The van der Waals surface area contributed by atoms with Gasteiger partial charge in [-0.3, -0.25) is 4.79 Å². The smallest absolute Gasteiger partial charge is 0.376 e. The van der Waals surface area contributed by atoms with Crippen molar-refractivity contribution in [2.45, 2.75) is 13.1 Å². The minimum atomic E-state index is -4.43. The first-order chi connectivity index (χ1) is 8.34. The summed E-state index contributed by atoms with van der Waals surface area (Å²) in [7, 11) is 0. The van der Waals surface area contributed by atoms with E-state index >= 15 is 0 Å². The van der Waals surface area contributed by atoms with Crippen LogP contribution in [0.2, 0.25) is 0 Å². The van der Waals surface area contributed by atoms with Gasteiger partial charge in [0, 0.05) is 16.7 Å². The molecule has 100 valence electrons. The molecule has 2 N–H and O–H groups in total. The van der Waals surface area contributed by atoms with Gasteiger partial charge in [0.25, 0.3) is 0 Å². The van der Waals surface area contributed by atoms with Crippen LogP contribution in [0.15, 0.2) is 22.7 Å². The summed E-state index contributed by atoms with van der Waals surface area (Å²) in [6.45, 7) is 2.18. The maximum absolute atomic E-state index is 12.6. The summed E-state index contributed by atoms with van der Waals surface area (Å²) < 4.78 is 37.8. The standard InChI is InChI=1S/C11H12BrF3N2O/c1-2-16-10(18)6-17-7-3-4-9(12)8(5-7)11(13,14)15/h3-5,17H,2,6H2,1H3,(H,16,18). The Morgan fingerprint density at radius 1 is 1.39 bits per heavy atom. The van der Waals surface area contributed by atoms with Crippen molar-refractivity contribution in [2.75, 3.05) is 18.4 Å². The molecule has 0 atom stereocenters. The highest BCUT2D eigenvalue weighted by molar-refractivity contribution is 9.10. The number of likely N-dealkylation sites (N-methyl/N-ethyl adjacent to an activating group) is 1. The molecule has 0 bridgehead atoms. The summed E-state index contributed by atoms with van der Waals surface area (Å²) in [5, 5.41) is 5.18. The normalized spacial score (nSPS) is 11.2. The van der Waals surface area contributed by atoms with Gasteiger partial charge in [0.05, 0.1) is 12.1 Å². The van der Waals surface area contributed by atoms with E-state index in [0.29, 0.717) is 6.54 Å². The van der Waals surface area contributed by atoms with Crippen LogP contribution in [0.25, 0.3) is 0 Å². The number of hydrogen-bond donors (Lipinski definition) is 2. The third kappa shape index (κ3) is 4.21. The van der Waals surface area contributed by atoms with E-state index in [2.05, 4.69) is 26.6 Å². The average Bonchev–Trinajstić information content (AvgIpc) is 2.27. The van der Waals surface area contributed by atoms with Gasteiger partial charge in [-0.05, 0) is 25.1 Å². The van der Waals surface area contributed by atoms with Crippen molar-refractivity contribution < 1.29 is 18.0 Å². The van der Waals surface area contributed by atoms with Gasteiger partial charge in [-0.1, -0.05) is 15.9 Å². The molecule has 1 aromatic rings. The number of amides is 1. The Kier molecular flexibility index (Phi) is 5.01. The van der Waals surface area contributed by atoms with Crippen LogP contribution in [-0.4, -0.2) is 19.0 Å². The number of nitrogens with one attached hydrogen (secondary N) is 2. The second kappa shape index (κ2) is 6.08. The Morgan fingerprint density at radius 3 is 2.61 bits per heavy atom. The molecule has 18 heavy (non-hydrogen) atoms. The fourth-order valence-electron chi connectivity index (χ4n) is 1.29. The molecule has 1 amide bonds. The summed E-state index contributed by atoms with van der Waals surface area (Å²) in [5.41, 5.74) is -0.528. The first kappa shape index (κ1) is 14.8. The maximum Gasteiger partial charge on any atom is 0.417 e. The Bertz CT molecular complexity index is 435. The molecule has 0 aliphatic carbocycles. The van der Waals surface area contributed by atoms with Crippen LogP contribution < -0.4 is 10.6 Å². The van der Waals surface area contributed by atoms with E-state index in [4.69, 9.17) is 0 Å². The molecule has 0 saturated carbocycles. The van der Waals surface area contributed by atoms with E-state index in [-0.39, 0.29) is 22.6 Å². The van der Waals surface area contributed by atoms with Crippen LogP contribution in [-0.2, 0) is 11.0 Å². The van der Waals surface area contributed by atoms with Crippen LogP contribution in [0.1, 0.15) is 12.5 Å². The van der Waals surface area contributed by atoms with Crippen LogP contribution in [0.3, 0.4) is 0 Å². The molecule has 1 rings (SSSR count). The van der Waals surface area contributed by atoms with Gasteiger partial charge in [-0.15, -0.1) is 0 Å². The fourth-order valence-corrected chi connectivity index (χ4v) is 1.77. The molecule has 0 aliphatic rings. The second-order valence-corrected chi connectivity index (χ2v) is 4.35. The average molecular weight is 325 g/mol. The van der Waals surface area contributed by atoms with Crippen molar-refractivity contribution >= 4 is 27.5 Å². The van der Waals surface area contributed by atoms with E-state index < -0.39 is 11.7 Å². The van der Waals surface area contributed by atoms with E-state index in [9.17, 15) is 18.0 Å². The highest BCUT2D eigenvalue weighted by atomic mass is 79.9. The molecule has 3 nitrogen and oxygen atoms in total. The summed E-state index contributed by atoms with van der Waals surface area (Å²) in [5.74, 6) is -0.269. The van der Waals surface area contributed by atoms with E-state index in [1.165, 1.54) is 12.1 Å². The number of hydrogen-bond acceptors (Lipinski definition) is 2. The minimum absolute atomic E-state index is 0.0291. The van der Waals surface area contributed by atoms with Crippen molar-refractivity contribution in [1.82, 2.24) is 5.32 Å². The lowest BCUT2D eigenvalue weighted by molar-refractivity contribution is -0.138. The number of anilines is 1. The number of benzene rings is 1. The summed E-state index contributed by atoms with van der Waals surface area (Å²) >= 11 is 2.84. The summed E-state index contributed by atoms with van der Waals surface area (Å²) in [4.78, 5) is 11.2. The molecule has 7 heteroatoms. The zero-order valence-corrected chi connectivity index (χ0v) is 11.2. The lowest BCUT2D eigenvalue weighted by Crippen LogP contribution is -2.29. The molecule has 0 spiro atoms. The maximum atomic E-state index is 12.6. The summed E-state index contributed by atoms with van der Waals surface area (Å²) in [6, 6.07) is 3.73. The van der Waals surface area contributed by atoms with E-state index in [1.807, 2.05) is 0 Å². The molecule has 0 heterocycles. The molecule has 0 aliphatic heterocycles. The highest BCUT2D eigenvalue weighted by Crippen LogP contribution is 2.36. The molecule has 0 unspecified atom stereocenters. The minimum Gasteiger partial charge on any atom is -0.376 e. The summed E-state index contributed by atoms with van der Waals surface area (Å²) in [6.07, 6.45) is -4.43. The topological polar surface area (TPSA) is 41.1 Å². The first-order valence-electron chi connectivity index (χ1n) is 5.22. The van der Waals surface area contributed by atoms with Crippen molar-refractivity contribution in [3.8, 4) is 0 Å². The number of carbonyl (C=O) groups excluding carboxylic acids is 1. The van der Waals surface area contributed by atoms with Crippen LogP contribution in [0.5, 0.6) is 0 Å². The van der Waals surface area contributed by atoms with Crippen LogP contribution in [0.4, 0.5) is 18.9 Å². The van der Waals surface area contributed by atoms with Gasteiger partial charge in [0.15, 0.2) is 0 Å². The van der Waals surface area contributed by atoms with Gasteiger partial charge in [0.1, 0.15) is 0 Å². The number of rotatable bonds is 4. The number of halogens is 4. The zero-order chi connectivity index (χ0) is 13.8. The zero-order valence-electron chi connectivity index (χ0n) is 9.57. The largest absolute Gasteiger partial charge is 0.417 e. The van der Waals surface area contributed by atoms with Gasteiger partial charge in [0.2, 0.25) is 5.91 Å². The highest BCUT2D eigenvalue weighted by Gasteiger charge is 2.33. The van der Waals surface area contributed by atoms with Gasteiger partial charge >= 0.3 is 6.18 Å². The lowest BCUT2D eigenvalue weighted by atomic mass is 10.2. The molecule has 0 fully saturated rings. The first-order valence-corrected chi connectivity index (χ1v) is 6.01. The van der Waals surface area contributed by atoms with Crippen LogP contribution in [0, 0.1) is 0 Å². The second-order valence-electron chi connectivity index (χ2n) is 3.50. The Balaban J connectivity index is 2.77. The monoisotopic (exact) mass is 324 g/mol. The van der Waals surface area contributed by atoms with E-state index in [0.717, 1.165) is 6.07 Å². The fraction of sp³-hybridized carbons (Fsp3) is 0.364. The van der Waals surface area contributed by atoms with Crippen LogP contribution >= 0.6 is 15.9 Å². The molecular formula is C11H12BrF3N2O. The predicted octanol–water partition coefficient (Wildman–Crippen LogP) is 3.02. The van der Waals surface area contributed by atoms with E-state index in [1.54, 1.807) is 6.92 Å².